The molecule has 0 aromatic carbocycles. The van der Waals surface area contributed by atoms with E-state index in [0.29, 0.717) is 11.4 Å². The number of Topliss-reactive ketones (excluding diaryl/α,β-unsaturated/α-hetero) is 1. The molecule has 0 amide bonds. The lowest BCUT2D eigenvalue weighted by molar-refractivity contribution is 0.0941. The number of anilines is 1. The molecule has 2 heterocycles. The van der Waals surface area contributed by atoms with Crippen LogP contribution in [0.2, 0.25) is 0 Å². The van der Waals surface area contributed by atoms with Gasteiger partial charge < -0.3 is 11.1 Å². The highest BCUT2D eigenvalue weighted by molar-refractivity contribution is 6.03. The fourth-order valence-corrected chi connectivity index (χ4v) is 2.22. The molecule has 1 fully saturated rings. The second-order valence-corrected chi connectivity index (χ2v) is 4.67. The van der Waals surface area contributed by atoms with Gasteiger partial charge in [-0.15, -0.1) is 0 Å². The maximum atomic E-state index is 12.3. The number of pyridine rings is 1. The molecule has 1 saturated heterocycles. The van der Waals surface area contributed by atoms with Crippen LogP contribution in [0.1, 0.15) is 41.6 Å². The van der Waals surface area contributed by atoms with Crippen LogP contribution in [0.5, 0.6) is 0 Å². The summed E-state index contributed by atoms with van der Waals surface area (Å²) in [6, 6.07) is 1.74. The largest absolute Gasteiger partial charge is 0.383 e. The molecule has 1 unspecified atom stereocenters. The number of aromatic nitrogens is 1. The van der Waals surface area contributed by atoms with E-state index in [9.17, 15) is 4.79 Å². The quantitative estimate of drug-likeness (QED) is 0.763. The summed E-state index contributed by atoms with van der Waals surface area (Å²) in [5.74, 6) is 0.423. The summed E-state index contributed by atoms with van der Waals surface area (Å²) >= 11 is 0. The normalized spacial score (nSPS) is 20.9. The smallest absolute Gasteiger partial charge is 0.183 e. The molecule has 1 aromatic heterocycles. The van der Waals surface area contributed by atoms with Crippen LogP contribution < -0.4 is 11.1 Å². The molecule has 1 aromatic rings. The molecule has 17 heavy (non-hydrogen) atoms. The first-order chi connectivity index (χ1) is 8.18. The van der Waals surface area contributed by atoms with E-state index in [1.807, 2.05) is 13.0 Å². The van der Waals surface area contributed by atoms with Gasteiger partial charge in [0.25, 0.3) is 0 Å². The SMILES string of the molecule is Cc1cnc(N)c(C(=O)C2CCCCCN2)c1. The predicted molar refractivity (Wildman–Crippen MR) is 68.0 cm³/mol. The molecule has 92 valence electrons. The molecule has 0 spiro atoms. The first kappa shape index (κ1) is 12.0. The molecular weight excluding hydrogens is 214 g/mol. The first-order valence-corrected chi connectivity index (χ1v) is 6.18. The zero-order valence-corrected chi connectivity index (χ0v) is 10.2. The maximum Gasteiger partial charge on any atom is 0.183 e. The van der Waals surface area contributed by atoms with Gasteiger partial charge in [-0.05, 0) is 37.9 Å². The molecule has 1 atom stereocenters. The summed E-state index contributed by atoms with van der Waals surface area (Å²) in [7, 11) is 0. The van der Waals surface area contributed by atoms with Crippen molar-refractivity contribution >= 4 is 11.6 Å². The number of hydrogen-bond donors (Lipinski definition) is 2. The number of nitrogens with one attached hydrogen (secondary N) is 1. The fourth-order valence-electron chi connectivity index (χ4n) is 2.22. The number of carbonyl (C=O) groups is 1. The number of nitrogens with two attached hydrogens (primary N) is 1. The van der Waals surface area contributed by atoms with E-state index in [4.69, 9.17) is 5.73 Å². The van der Waals surface area contributed by atoms with Crippen molar-refractivity contribution in [2.45, 2.75) is 38.6 Å². The van der Waals surface area contributed by atoms with Crippen LogP contribution in [0.25, 0.3) is 0 Å². The Labute approximate surface area is 102 Å². The molecule has 0 bridgehead atoms. The highest BCUT2D eigenvalue weighted by Gasteiger charge is 2.23. The minimum absolute atomic E-state index is 0.0839. The second kappa shape index (κ2) is 5.27. The van der Waals surface area contributed by atoms with Crippen LogP contribution in [0.4, 0.5) is 5.82 Å². The van der Waals surface area contributed by atoms with Crippen LogP contribution in [0.15, 0.2) is 12.3 Å². The van der Waals surface area contributed by atoms with Gasteiger partial charge in [0, 0.05) is 6.20 Å². The number of nitrogen functional groups attached to an aromatic ring is 1. The fraction of sp³-hybridized carbons (Fsp3) is 0.538. The monoisotopic (exact) mass is 233 g/mol. The summed E-state index contributed by atoms with van der Waals surface area (Å²) in [5, 5.41) is 3.29. The summed E-state index contributed by atoms with van der Waals surface area (Å²) in [4.78, 5) is 16.4. The van der Waals surface area contributed by atoms with E-state index in [1.54, 1.807) is 6.20 Å². The van der Waals surface area contributed by atoms with E-state index in [1.165, 1.54) is 6.42 Å². The van der Waals surface area contributed by atoms with Gasteiger partial charge in [0.1, 0.15) is 5.82 Å². The van der Waals surface area contributed by atoms with Gasteiger partial charge in [-0.1, -0.05) is 12.8 Å². The second-order valence-electron chi connectivity index (χ2n) is 4.67. The van der Waals surface area contributed by atoms with Crippen LogP contribution in [0, 0.1) is 6.92 Å². The van der Waals surface area contributed by atoms with Gasteiger partial charge in [-0.3, -0.25) is 4.79 Å². The highest BCUT2D eigenvalue weighted by Crippen LogP contribution is 2.17. The number of nitrogens with zero attached hydrogens (tertiary/aromatic N) is 1. The molecule has 1 aliphatic rings. The summed E-state index contributed by atoms with van der Waals surface area (Å²) in [6.45, 7) is 2.83. The predicted octanol–water partition coefficient (Wildman–Crippen LogP) is 1.69. The summed E-state index contributed by atoms with van der Waals surface area (Å²) < 4.78 is 0. The van der Waals surface area contributed by atoms with Crippen LogP contribution in [-0.2, 0) is 0 Å². The van der Waals surface area contributed by atoms with Crippen LogP contribution in [-0.4, -0.2) is 23.4 Å². The van der Waals surface area contributed by atoms with Crippen molar-refractivity contribution in [1.82, 2.24) is 10.3 Å². The molecule has 4 heteroatoms. The van der Waals surface area contributed by atoms with E-state index < -0.39 is 0 Å². The number of rotatable bonds is 2. The Morgan fingerprint density at radius 1 is 1.47 bits per heavy atom. The minimum Gasteiger partial charge on any atom is -0.383 e. The van der Waals surface area contributed by atoms with Crippen LogP contribution in [0.3, 0.4) is 0 Å². The number of ketones is 1. The molecule has 4 nitrogen and oxygen atoms in total. The summed E-state index contributed by atoms with van der Waals surface area (Å²) in [5.41, 5.74) is 7.30. The van der Waals surface area contributed by atoms with Crippen molar-refractivity contribution in [2.75, 3.05) is 12.3 Å². The molecular formula is C13H19N3O. The van der Waals surface area contributed by atoms with Crippen LogP contribution >= 0.6 is 0 Å². The Hall–Kier alpha value is -1.42. The van der Waals surface area contributed by atoms with E-state index in [2.05, 4.69) is 10.3 Å². The van der Waals surface area contributed by atoms with Gasteiger partial charge in [-0.25, -0.2) is 4.98 Å². The van der Waals surface area contributed by atoms with E-state index >= 15 is 0 Å². The van der Waals surface area contributed by atoms with E-state index in [0.717, 1.165) is 31.4 Å². The molecule has 2 rings (SSSR count). The Balaban J connectivity index is 2.20. The van der Waals surface area contributed by atoms with Crippen molar-refractivity contribution in [3.05, 3.63) is 23.4 Å². The standard InChI is InChI=1S/C13H19N3O/c1-9-7-10(13(14)16-8-9)12(17)11-5-3-2-4-6-15-11/h7-8,11,15H,2-6H2,1H3,(H2,14,16). The van der Waals surface area contributed by atoms with E-state index in [-0.39, 0.29) is 11.8 Å². The highest BCUT2D eigenvalue weighted by atomic mass is 16.1. The van der Waals surface area contributed by atoms with Crippen molar-refractivity contribution < 1.29 is 4.79 Å². The van der Waals surface area contributed by atoms with Crippen molar-refractivity contribution in [2.24, 2.45) is 0 Å². The minimum atomic E-state index is -0.0941. The van der Waals surface area contributed by atoms with Gasteiger partial charge >= 0.3 is 0 Å². The maximum absolute atomic E-state index is 12.3. The molecule has 3 N–H and O–H groups in total. The van der Waals surface area contributed by atoms with Gasteiger partial charge in [0.2, 0.25) is 0 Å². The molecule has 0 saturated carbocycles. The third-order valence-electron chi connectivity index (χ3n) is 3.20. The summed E-state index contributed by atoms with van der Waals surface area (Å²) in [6.07, 6.45) is 6.02. The lowest BCUT2D eigenvalue weighted by atomic mass is 10.00. The van der Waals surface area contributed by atoms with Gasteiger partial charge in [-0.2, -0.15) is 0 Å². The van der Waals surface area contributed by atoms with Gasteiger partial charge in [0.15, 0.2) is 5.78 Å². The third-order valence-corrected chi connectivity index (χ3v) is 3.20. The Kier molecular flexibility index (Phi) is 3.74. The lowest BCUT2D eigenvalue weighted by Crippen LogP contribution is -2.36. The molecule has 1 aliphatic heterocycles. The Morgan fingerprint density at radius 2 is 2.29 bits per heavy atom. The molecule has 0 radical (unpaired) electrons. The number of carbonyl (C=O) groups excluding carboxylic acids is 1. The topological polar surface area (TPSA) is 68.0 Å². The van der Waals surface area contributed by atoms with Crippen molar-refractivity contribution in [1.29, 1.82) is 0 Å². The molecule has 0 aliphatic carbocycles. The van der Waals surface area contributed by atoms with Crippen molar-refractivity contribution in [3.8, 4) is 0 Å². The zero-order valence-electron chi connectivity index (χ0n) is 10.2. The zero-order chi connectivity index (χ0) is 12.3. The Bertz CT molecular complexity index is 409. The Morgan fingerprint density at radius 3 is 3.12 bits per heavy atom. The van der Waals surface area contributed by atoms with Gasteiger partial charge in [0.05, 0.1) is 11.6 Å². The average Bonchev–Trinajstić information content (AvgIpc) is 2.60. The third kappa shape index (κ3) is 2.82. The van der Waals surface area contributed by atoms with Crippen molar-refractivity contribution in [3.63, 3.8) is 0 Å². The number of aryl methyl sites for hydroxylation is 1. The average molecular weight is 233 g/mol. The number of hydrogen-bond acceptors (Lipinski definition) is 4. The lowest BCUT2D eigenvalue weighted by Gasteiger charge is -2.15. The first-order valence-electron chi connectivity index (χ1n) is 6.18.